The van der Waals surface area contributed by atoms with Gasteiger partial charge >= 0.3 is 0 Å². The van der Waals surface area contributed by atoms with Gasteiger partial charge in [0.15, 0.2) is 5.43 Å². The number of aromatic nitrogens is 1. The zero-order valence-electron chi connectivity index (χ0n) is 19.5. The summed E-state index contributed by atoms with van der Waals surface area (Å²) >= 11 is 1.85. The topological polar surface area (TPSA) is 45.6 Å². The van der Waals surface area contributed by atoms with Crippen molar-refractivity contribution >= 4 is 17.7 Å². The minimum Gasteiger partial charge on any atom is -0.318 e. The van der Waals surface area contributed by atoms with Crippen LogP contribution in [0.4, 0.5) is 0 Å². The molecule has 0 aliphatic carbocycles. The molecular formula is C27H29N3O2S. The number of amides is 1. The summed E-state index contributed by atoms with van der Waals surface area (Å²) in [7, 11) is 0. The maximum absolute atomic E-state index is 13.6. The lowest BCUT2D eigenvalue weighted by molar-refractivity contribution is 0.0615. The van der Waals surface area contributed by atoms with Gasteiger partial charge in [0.25, 0.3) is 5.91 Å². The van der Waals surface area contributed by atoms with Crippen molar-refractivity contribution < 1.29 is 4.79 Å². The Hall–Kier alpha value is -2.99. The summed E-state index contributed by atoms with van der Waals surface area (Å²) in [5, 5.41) is 2.25. The summed E-state index contributed by atoms with van der Waals surface area (Å²) < 4.78 is 1.92. The van der Waals surface area contributed by atoms with Crippen molar-refractivity contribution in [3.8, 4) is 0 Å². The third-order valence-electron chi connectivity index (χ3n) is 6.31. The zero-order chi connectivity index (χ0) is 23.3. The Morgan fingerprint density at radius 3 is 2.42 bits per heavy atom. The molecule has 0 saturated carbocycles. The van der Waals surface area contributed by atoms with Crippen molar-refractivity contribution in [1.29, 1.82) is 0 Å². The van der Waals surface area contributed by atoms with Gasteiger partial charge in [0.1, 0.15) is 12.4 Å². The molecule has 6 heteroatoms. The Morgan fingerprint density at radius 2 is 1.67 bits per heavy atom. The van der Waals surface area contributed by atoms with E-state index in [1.165, 1.54) is 21.6 Å². The van der Waals surface area contributed by atoms with E-state index in [-0.39, 0.29) is 22.8 Å². The molecular weight excluding hydrogens is 430 g/mol. The first kappa shape index (κ1) is 21.8. The van der Waals surface area contributed by atoms with E-state index >= 15 is 0 Å². The van der Waals surface area contributed by atoms with Crippen molar-refractivity contribution in [2.75, 3.05) is 18.2 Å². The van der Waals surface area contributed by atoms with Crippen molar-refractivity contribution in [3.05, 3.63) is 99.0 Å². The SMILES string of the molecule is Cc1c2n(ccc1=O)N(C1c3ccccc3CSc3ccccc31)CN(CC(C)(C)C)C2=O. The number of thioether (sulfide) groups is 1. The van der Waals surface area contributed by atoms with Crippen LogP contribution in [0, 0.1) is 12.3 Å². The van der Waals surface area contributed by atoms with E-state index in [1.54, 1.807) is 19.2 Å². The summed E-state index contributed by atoms with van der Waals surface area (Å²) in [5.41, 5.74) is 4.54. The molecule has 1 amide bonds. The van der Waals surface area contributed by atoms with Crippen molar-refractivity contribution in [3.63, 3.8) is 0 Å². The summed E-state index contributed by atoms with van der Waals surface area (Å²) in [6.07, 6.45) is 1.76. The highest BCUT2D eigenvalue weighted by atomic mass is 32.2. The highest BCUT2D eigenvalue weighted by Gasteiger charge is 2.38. The van der Waals surface area contributed by atoms with Crippen molar-refractivity contribution in [2.24, 2.45) is 5.41 Å². The molecule has 0 fully saturated rings. The molecule has 1 atom stereocenters. The monoisotopic (exact) mass is 459 g/mol. The molecule has 0 bridgehead atoms. The van der Waals surface area contributed by atoms with Gasteiger partial charge in [0, 0.05) is 35.0 Å². The molecule has 2 aliphatic rings. The summed E-state index contributed by atoms with van der Waals surface area (Å²) in [6.45, 7) is 9.22. The summed E-state index contributed by atoms with van der Waals surface area (Å²) in [5.74, 6) is 0.819. The smallest absolute Gasteiger partial charge is 0.274 e. The number of hydrogen-bond acceptors (Lipinski definition) is 4. The number of nitrogens with zero attached hydrogens (tertiary/aromatic N) is 3. The Kier molecular flexibility index (Phi) is 5.36. The molecule has 1 unspecified atom stereocenters. The van der Waals surface area contributed by atoms with Crippen LogP contribution >= 0.6 is 11.8 Å². The maximum atomic E-state index is 13.6. The van der Waals surface area contributed by atoms with Crippen LogP contribution in [-0.2, 0) is 5.75 Å². The van der Waals surface area contributed by atoms with Crippen LogP contribution in [0.5, 0.6) is 0 Å². The van der Waals surface area contributed by atoms with Crippen LogP contribution in [0.25, 0.3) is 0 Å². The van der Waals surface area contributed by atoms with Crippen LogP contribution in [0.15, 0.2) is 70.5 Å². The molecule has 0 radical (unpaired) electrons. The number of benzene rings is 2. The van der Waals surface area contributed by atoms with Crippen molar-refractivity contribution in [1.82, 2.24) is 9.58 Å². The van der Waals surface area contributed by atoms with E-state index in [4.69, 9.17) is 0 Å². The summed E-state index contributed by atoms with van der Waals surface area (Å²) in [4.78, 5) is 29.3. The van der Waals surface area contributed by atoms with E-state index in [0.717, 1.165) is 5.75 Å². The molecule has 1 aromatic heterocycles. The van der Waals surface area contributed by atoms with Gasteiger partial charge in [-0.15, -0.1) is 11.8 Å². The molecule has 2 aliphatic heterocycles. The number of carbonyl (C=O) groups is 1. The fraction of sp³-hybridized carbons (Fsp3) is 0.333. The second-order valence-corrected chi connectivity index (χ2v) is 11.1. The normalized spacial score (nSPS) is 17.8. The fourth-order valence-corrected chi connectivity index (χ4v) is 5.97. The molecule has 0 saturated heterocycles. The third-order valence-corrected chi connectivity index (χ3v) is 7.45. The van der Waals surface area contributed by atoms with Gasteiger partial charge in [0.05, 0.1) is 6.04 Å². The van der Waals surface area contributed by atoms with E-state index < -0.39 is 0 Å². The predicted molar refractivity (Wildman–Crippen MR) is 133 cm³/mol. The van der Waals surface area contributed by atoms with E-state index in [2.05, 4.69) is 74.3 Å². The van der Waals surface area contributed by atoms with Gasteiger partial charge in [-0.3, -0.25) is 19.3 Å². The standard InChI is InChI=1S/C27H29N3O2S/c1-18-22(31)13-14-29-24(18)26(32)28(16-27(2,3)4)17-30(29)25-20-10-6-5-9-19(20)15-33-23-12-8-7-11-21(23)25/h5-14,25H,15-17H2,1-4H3. The Morgan fingerprint density at radius 1 is 0.970 bits per heavy atom. The average molecular weight is 460 g/mol. The van der Waals surface area contributed by atoms with E-state index in [1.807, 2.05) is 21.3 Å². The highest BCUT2D eigenvalue weighted by molar-refractivity contribution is 7.98. The Labute approximate surface area is 199 Å². The first-order valence-corrected chi connectivity index (χ1v) is 12.3. The van der Waals surface area contributed by atoms with Gasteiger partial charge in [-0.05, 0) is 35.1 Å². The van der Waals surface area contributed by atoms with Gasteiger partial charge in [-0.25, -0.2) is 0 Å². The lowest BCUT2D eigenvalue weighted by Crippen LogP contribution is -2.57. The van der Waals surface area contributed by atoms with Gasteiger partial charge in [-0.1, -0.05) is 63.2 Å². The number of fused-ring (bicyclic) bond motifs is 3. The molecule has 3 aromatic rings. The molecule has 0 N–H and O–H groups in total. The number of carbonyl (C=O) groups excluding carboxylic acids is 1. The van der Waals surface area contributed by atoms with Gasteiger partial charge in [-0.2, -0.15) is 0 Å². The van der Waals surface area contributed by atoms with Gasteiger partial charge in [0.2, 0.25) is 0 Å². The van der Waals surface area contributed by atoms with Crippen LogP contribution in [0.1, 0.15) is 59.6 Å². The van der Waals surface area contributed by atoms with Crippen molar-refractivity contribution in [2.45, 2.75) is 44.4 Å². The van der Waals surface area contributed by atoms with Crippen LogP contribution in [0.3, 0.4) is 0 Å². The number of rotatable bonds is 2. The molecule has 0 spiro atoms. The Bertz CT molecular complexity index is 1240. The van der Waals surface area contributed by atoms with Crippen LogP contribution in [-0.4, -0.2) is 28.7 Å². The first-order valence-electron chi connectivity index (χ1n) is 11.3. The second kappa shape index (κ2) is 8.10. The van der Waals surface area contributed by atoms with E-state index in [9.17, 15) is 9.59 Å². The quantitative estimate of drug-likeness (QED) is 0.544. The molecule has 5 nitrogen and oxygen atoms in total. The molecule has 170 valence electrons. The lowest BCUT2D eigenvalue weighted by Gasteiger charge is -2.46. The van der Waals surface area contributed by atoms with E-state index in [0.29, 0.717) is 24.5 Å². The number of hydrogen-bond donors (Lipinski definition) is 0. The Balaban J connectivity index is 1.75. The van der Waals surface area contributed by atoms with Gasteiger partial charge < -0.3 is 4.90 Å². The largest absolute Gasteiger partial charge is 0.318 e. The zero-order valence-corrected chi connectivity index (χ0v) is 20.4. The maximum Gasteiger partial charge on any atom is 0.274 e. The number of pyridine rings is 1. The molecule has 3 heterocycles. The van der Waals surface area contributed by atoms with Crippen LogP contribution in [0.2, 0.25) is 0 Å². The molecule has 33 heavy (non-hydrogen) atoms. The minimum absolute atomic E-state index is 0.0679. The highest BCUT2D eigenvalue weighted by Crippen LogP contribution is 2.42. The molecule has 2 aromatic carbocycles. The third kappa shape index (κ3) is 3.86. The molecule has 5 rings (SSSR count). The predicted octanol–water partition coefficient (Wildman–Crippen LogP) is 4.95. The first-order chi connectivity index (χ1) is 15.7. The fourth-order valence-electron chi connectivity index (χ4n) is 4.87. The van der Waals surface area contributed by atoms with Crippen LogP contribution < -0.4 is 10.4 Å². The summed E-state index contributed by atoms with van der Waals surface area (Å²) in [6, 6.07) is 18.6. The average Bonchev–Trinajstić information content (AvgIpc) is 2.94. The lowest BCUT2D eigenvalue weighted by atomic mass is 9.93. The second-order valence-electron chi connectivity index (χ2n) is 10.1. The minimum atomic E-state index is -0.107.